The Labute approximate surface area is 177 Å². The number of anilines is 2. The van der Waals surface area contributed by atoms with Crippen molar-refractivity contribution in [3.63, 3.8) is 0 Å². The number of hydrogen-bond acceptors (Lipinski definition) is 4. The lowest BCUT2D eigenvalue weighted by molar-refractivity contribution is -0.116. The van der Waals surface area contributed by atoms with Crippen molar-refractivity contribution in [2.75, 3.05) is 17.7 Å². The molecule has 2 aromatic carbocycles. The third-order valence-corrected chi connectivity index (χ3v) is 4.62. The topological polar surface area (TPSA) is 80.3 Å². The number of benzene rings is 2. The molecule has 0 unspecified atom stereocenters. The molecule has 0 fully saturated rings. The molecule has 0 aliphatic rings. The first-order valence-electron chi connectivity index (χ1n) is 8.99. The van der Waals surface area contributed by atoms with Crippen molar-refractivity contribution in [3.05, 3.63) is 82.5 Å². The van der Waals surface area contributed by atoms with Gasteiger partial charge >= 0.3 is 0 Å². The van der Waals surface area contributed by atoms with Crippen LogP contribution in [0.2, 0.25) is 0 Å². The number of methoxy groups -OCH3 is 1. The maximum absolute atomic E-state index is 12.4. The Morgan fingerprint density at radius 1 is 1.03 bits per heavy atom. The molecule has 0 bridgehead atoms. The van der Waals surface area contributed by atoms with E-state index in [1.807, 2.05) is 24.3 Å². The molecule has 7 heteroatoms. The lowest BCUT2D eigenvalue weighted by atomic mass is 10.1. The van der Waals surface area contributed by atoms with Crippen molar-refractivity contribution in [2.24, 2.45) is 0 Å². The van der Waals surface area contributed by atoms with Gasteiger partial charge in [0.1, 0.15) is 11.6 Å². The first-order valence-corrected chi connectivity index (χ1v) is 9.78. The Morgan fingerprint density at radius 2 is 1.86 bits per heavy atom. The molecule has 1 aromatic heterocycles. The van der Waals surface area contributed by atoms with Gasteiger partial charge in [-0.3, -0.25) is 9.59 Å². The molecule has 3 rings (SSSR count). The number of carbonyl (C=O) groups is 2. The Kier molecular flexibility index (Phi) is 6.97. The van der Waals surface area contributed by atoms with Gasteiger partial charge in [0.2, 0.25) is 5.91 Å². The molecule has 2 N–H and O–H groups in total. The predicted octanol–water partition coefficient (Wildman–Crippen LogP) is 4.68. The van der Waals surface area contributed by atoms with Crippen molar-refractivity contribution < 1.29 is 14.3 Å². The molecule has 0 aliphatic heterocycles. The standard InChI is InChI=1S/C22H20BrN3O3/c1-29-19-7-2-4-15(12-19)8-11-21(27)25-18-6-3-5-16(13-18)22(28)26-20-10-9-17(23)14-24-20/h2-7,9-10,12-14H,8,11H2,1H3,(H,25,27)(H,24,26,28). The summed E-state index contributed by atoms with van der Waals surface area (Å²) in [5.41, 5.74) is 2.02. The zero-order valence-corrected chi connectivity index (χ0v) is 17.4. The van der Waals surface area contributed by atoms with Crippen LogP contribution in [0.25, 0.3) is 0 Å². The van der Waals surface area contributed by atoms with Crippen LogP contribution in [0, 0.1) is 0 Å². The zero-order chi connectivity index (χ0) is 20.6. The van der Waals surface area contributed by atoms with Gasteiger partial charge in [-0.25, -0.2) is 4.98 Å². The summed E-state index contributed by atoms with van der Waals surface area (Å²) in [6.45, 7) is 0. The average molecular weight is 454 g/mol. The molecular formula is C22H20BrN3O3. The minimum atomic E-state index is -0.299. The minimum Gasteiger partial charge on any atom is -0.497 e. The highest BCUT2D eigenvalue weighted by atomic mass is 79.9. The summed E-state index contributed by atoms with van der Waals surface area (Å²) in [5.74, 6) is 0.792. The summed E-state index contributed by atoms with van der Waals surface area (Å²) >= 11 is 3.30. The number of carbonyl (C=O) groups excluding carboxylic acids is 2. The highest BCUT2D eigenvalue weighted by molar-refractivity contribution is 9.10. The van der Waals surface area contributed by atoms with Gasteiger partial charge < -0.3 is 15.4 Å². The second-order valence-corrected chi connectivity index (χ2v) is 7.21. The van der Waals surface area contributed by atoms with Crippen molar-refractivity contribution in [1.82, 2.24) is 4.98 Å². The quantitative estimate of drug-likeness (QED) is 0.544. The number of aryl methyl sites for hydroxylation is 1. The van der Waals surface area contributed by atoms with Crippen LogP contribution in [0.5, 0.6) is 5.75 Å². The van der Waals surface area contributed by atoms with E-state index in [1.165, 1.54) is 0 Å². The smallest absolute Gasteiger partial charge is 0.256 e. The van der Waals surface area contributed by atoms with Crippen molar-refractivity contribution >= 4 is 39.2 Å². The molecule has 148 valence electrons. The van der Waals surface area contributed by atoms with Crippen molar-refractivity contribution in [1.29, 1.82) is 0 Å². The van der Waals surface area contributed by atoms with Crippen LogP contribution in [0.4, 0.5) is 11.5 Å². The van der Waals surface area contributed by atoms with Gasteiger partial charge in [-0.15, -0.1) is 0 Å². The maximum atomic E-state index is 12.4. The van der Waals surface area contributed by atoms with Crippen LogP contribution in [0.3, 0.4) is 0 Å². The third kappa shape index (κ3) is 6.15. The number of hydrogen-bond donors (Lipinski definition) is 2. The SMILES string of the molecule is COc1cccc(CCC(=O)Nc2cccc(C(=O)Nc3ccc(Br)cn3)c2)c1. The first kappa shape index (κ1) is 20.5. The lowest BCUT2D eigenvalue weighted by Gasteiger charge is -2.09. The third-order valence-electron chi connectivity index (χ3n) is 4.15. The van der Waals surface area contributed by atoms with Gasteiger partial charge in [0.15, 0.2) is 0 Å². The molecule has 2 amide bonds. The van der Waals surface area contributed by atoms with E-state index in [9.17, 15) is 9.59 Å². The Bertz CT molecular complexity index is 1010. The van der Waals surface area contributed by atoms with E-state index >= 15 is 0 Å². The largest absolute Gasteiger partial charge is 0.497 e. The zero-order valence-electron chi connectivity index (χ0n) is 15.8. The van der Waals surface area contributed by atoms with Gasteiger partial charge in [-0.05, 0) is 70.4 Å². The molecule has 6 nitrogen and oxygen atoms in total. The van der Waals surface area contributed by atoms with Gasteiger partial charge in [0, 0.05) is 28.3 Å². The first-order chi connectivity index (χ1) is 14.0. The van der Waals surface area contributed by atoms with E-state index in [1.54, 1.807) is 49.7 Å². The van der Waals surface area contributed by atoms with Crippen LogP contribution < -0.4 is 15.4 Å². The fourth-order valence-corrected chi connectivity index (χ4v) is 2.92. The summed E-state index contributed by atoms with van der Waals surface area (Å²) in [7, 11) is 1.61. The molecule has 0 atom stereocenters. The fourth-order valence-electron chi connectivity index (χ4n) is 2.69. The van der Waals surface area contributed by atoms with Crippen LogP contribution in [-0.2, 0) is 11.2 Å². The highest BCUT2D eigenvalue weighted by Crippen LogP contribution is 2.16. The van der Waals surface area contributed by atoms with Gasteiger partial charge in [-0.1, -0.05) is 18.2 Å². The molecule has 3 aromatic rings. The summed E-state index contributed by atoms with van der Waals surface area (Å²) < 4.78 is 6.02. The van der Waals surface area contributed by atoms with E-state index in [2.05, 4.69) is 31.5 Å². The van der Waals surface area contributed by atoms with Crippen LogP contribution in [0.1, 0.15) is 22.3 Å². The monoisotopic (exact) mass is 453 g/mol. The number of ether oxygens (including phenoxy) is 1. The number of nitrogens with one attached hydrogen (secondary N) is 2. The summed E-state index contributed by atoms with van der Waals surface area (Å²) in [6, 6.07) is 17.9. The maximum Gasteiger partial charge on any atom is 0.256 e. The van der Waals surface area contributed by atoms with Gasteiger partial charge in [0.05, 0.1) is 7.11 Å². The molecular weight excluding hydrogens is 434 g/mol. The van der Waals surface area contributed by atoms with E-state index in [-0.39, 0.29) is 11.8 Å². The normalized spacial score (nSPS) is 10.3. The number of rotatable bonds is 7. The molecule has 0 radical (unpaired) electrons. The number of amides is 2. The van der Waals surface area contributed by atoms with Crippen LogP contribution in [0.15, 0.2) is 71.3 Å². The second-order valence-electron chi connectivity index (χ2n) is 6.30. The van der Waals surface area contributed by atoms with E-state index < -0.39 is 0 Å². The van der Waals surface area contributed by atoms with Gasteiger partial charge in [0.25, 0.3) is 5.91 Å². The molecule has 1 heterocycles. The van der Waals surface area contributed by atoms with Gasteiger partial charge in [-0.2, -0.15) is 0 Å². The van der Waals surface area contributed by atoms with E-state index in [4.69, 9.17) is 4.74 Å². The van der Waals surface area contributed by atoms with Crippen LogP contribution in [-0.4, -0.2) is 23.9 Å². The number of aromatic nitrogens is 1. The fraction of sp³-hybridized carbons (Fsp3) is 0.136. The molecule has 0 saturated heterocycles. The number of halogens is 1. The van der Waals surface area contributed by atoms with E-state index in [0.717, 1.165) is 15.8 Å². The molecule has 29 heavy (non-hydrogen) atoms. The number of nitrogens with zero attached hydrogens (tertiary/aromatic N) is 1. The Balaban J connectivity index is 1.57. The molecule has 0 aliphatic carbocycles. The number of pyridine rings is 1. The summed E-state index contributed by atoms with van der Waals surface area (Å²) in [5, 5.41) is 5.56. The van der Waals surface area contributed by atoms with Crippen molar-refractivity contribution in [2.45, 2.75) is 12.8 Å². The Morgan fingerprint density at radius 3 is 2.62 bits per heavy atom. The molecule has 0 spiro atoms. The lowest BCUT2D eigenvalue weighted by Crippen LogP contribution is -2.15. The van der Waals surface area contributed by atoms with Crippen LogP contribution >= 0.6 is 15.9 Å². The average Bonchev–Trinajstić information content (AvgIpc) is 2.74. The summed E-state index contributed by atoms with van der Waals surface area (Å²) in [6.07, 6.45) is 2.53. The second kappa shape index (κ2) is 9.84. The minimum absolute atomic E-state index is 0.125. The van der Waals surface area contributed by atoms with Crippen molar-refractivity contribution in [3.8, 4) is 5.75 Å². The highest BCUT2D eigenvalue weighted by Gasteiger charge is 2.09. The van der Waals surface area contributed by atoms with E-state index in [0.29, 0.717) is 29.9 Å². The summed E-state index contributed by atoms with van der Waals surface area (Å²) in [4.78, 5) is 28.8. The predicted molar refractivity (Wildman–Crippen MR) is 116 cm³/mol. The molecule has 0 saturated carbocycles. The Hall–Kier alpha value is -3.19.